The Balaban J connectivity index is 0.824. The molecule has 0 saturated carbocycles. The summed E-state index contributed by atoms with van der Waals surface area (Å²) in [5.74, 6) is -4.24. The number of aromatic nitrogens is 3. The molecule has 2 aromatic carbocycles. The van der Waals surface area contributed by atoms with Gasteiger partial charge in [-0.05, 0) is 73.9 Å². The molecule has 5 aromatic rings. The molecule has 7 amide bonds. The number of esters is 1. The summed E-state index contributed by atoms with van der Waals surface area (Å²) in [6.45, 7) is 0.966. The maximum absolute atomic E-state index is 14.0. The fourth-order valence-electron chi connectivity index (χ4n) is 9.31. The number of imide groups is 1. The van der Waals surface area contributed by atoms with Crippen LogP contribution >= 0.6 is 0 Å². The second-order valence-corrected chi connectivity index (χ2v) is 17.9. The van der Waals surface area contributed by atoms with Gasteiger partial charge in [-0.2, -0.15) is 0 Å². The number of pyridine rings is 3. The summed E-state index contributed by atoms with van der Waals surface area (Å²) in [4.78, 5) is 125. The van der Waals surface area contributed by atoms with Crippen LogP contribution in [0.4, 0.5) is 0 Å². The van der Waals surface area contributed by atoms with E-state index in [2.05, 4.69) is 31.6 Å². The first-order valence-electron chi connectivity index (χ1n) is 24.1. The topological polar surface area (TPSA) is 277 Å². The number of rotatable bonds is 22. The number of aryl methyl sites for hydroxylation is 1. The number of unbranched alkanes of at least 4 members (excludes halogenated alkanes) is 3. The molecule has 0 aliphatic carbocycles. The standard InChI is InChI=1S/C52H55N9O11/c1-2-52(71)36-25-40-48-34(29-61(40)50(69)35(36)30-72-51(52)70)32(47-33-15-11-22-53-37(33)17-18-38(47)59-48)14-8-9-21-54-42(63)27-57-49(68)39(24-31-12-5-3-6-13-31)58-44(65)28-56-43(64)26-55-41(62)16-7-4-10-23-60-45(66)19-20-46(60)67/h3,5-6,11-13,15,17-20,22,25,39,71H,2,4,7-10,14,16,21,23-24,26-30H2,1H3,(H,54,63)(H,55,62)(H,56,64)(H,57,68)(H,58,65)/t39-,52-/m0/s1. The number of carbonyl (C=O) groups excluding carboxylic acids is 8. The second-order valence-electron chi connectivity index (χ2n) is 17.9. The van der Waals surface area contributed by atoms with Gasteiger partial charge in [-0.1, -0.05) is 49.7 Å². The molecule has 0 unspecified atom stereocenters. The summed E-state index contributed by atoms with van der Waals surface area (Å²) < 4.78 is 6.87. The van der Waals surface area contributed by atoms with Gasteiger partial charge in [0, 0.05) is 66.2 Å². The number of benzene rings is 2. The third-order valence-electron chi connectivity index (χ3n) is 13.2. The van der Waals surface area contributed by atoms with Gasteiger partial charge in [0.05, 0.1) is 54.2 Å². The lowest BCUT2D eigenvalue weighted by Gasteiger charge is -2.31. The van der Waals surface area contributed by atoms with Crippen molar-refractivity contribution in [2.45, 2.75) is 89.5 Å². The SMILES string of the molecule is CC[C@@]1(O)C(=O)OCc2c1cc1n(c2=O)Cc2c-1nc1ccc3ncccc3c1c2CCCCNC(=O)CNC(=O)[C@H](Cc1ccccc1)NC(=O)CNC(=O)CNC(=O)CCCCCN1C(=O)C=CC1=O. The second kappa shape index (κ2) is 22.3. The van der Waals surface area contributed by atoms with Crippen LogP contribution in [0.15, 0.2) is 83.8 Å². The molecule has 2 atom stereocenters. The van der Waals surface area contributed by atoms with Gasteiger partial charge < -0.3 is 41.0 Å². The highest BCUT2D eigenvalue weighted by Crippen LogP contribution is 2.41. The minimum Gasteiger partial charge on any atom is -0.458 e. The quantitative estimate of drug-likeness (QED) is 0.0245. The van der Waals surface area contributed by atoms with E-state index in [0.29, 0.717) is 55.4 Å². The molecule has 6 N–H and O–H groups in total. The number of ether oxygens (including phenoxy) is 1. The monoisotopic (exact) mass is 981 g/mol. The minimum absolute atomic E-state index is 0.0229. The van der Waals surface area contributed by atoms with Crippen LogP contribution in [0.2, 0.25) is 0 Å². The van der Waals surface area contributed by atoms with E-state index in [4.69, 9.17) is 9.72 Å². The van der Waals surface area contributed by atoms with Gasteiger partial charge in [0.1, 0.15) is 12.6 Å². The Labute approximate surface area is 413 Å². The lowest BCUT2D eigenvalue weighted by Crippen LogP contribution is -2.52. The summed E-state index contributed by atoms with van der Waals surface area (Å²) >= 11 is 0. The Morgan fingerprint density at radius 2 is 1.50 bits per heavy atom. The number of hydrogen-bond donors (Lipinski definition) is 6. The number of hydrogen-bond acceptors (Lipinski definition) is 13. The van der Waals surface area contributed by atoms with Crippen LogP contribution < -0.4 is 32.1 Å². The van der Waals surface area contributed by atoms with Crippen molar-refractivity contribution in [2.24, 2.45) is 0 Å². The molecular weight excluding hydrogens is 927 g/mol. The zero-order valence-electron chi connectivity index (χ0n) is 39.7. The van der Waals surface area contributed by atoms with Crippen molar-refractivity contribution in [1.29, 1.82) is 0 Å². The van der Waals surface area contributed by atoms with Gasteiger partial charge in [-0.3, -0.25) is 48.2 Å². The van der Waals surface area contributed by atoms with Gasteiger partial charge in [-0.25, -0.2) is 9.78 Å². The van der Waals surface area contributed by atoms with Gasteiger partial charge in [0.2, 0.25) is 29.5 Å². The molecule has 0 saturated heterocycles. The Bertz CT molecular complexity index is 3060. The molecule has 3 aliphatic rings. The van der Waals surface area contributed by atoms with Crippen molar-refractivity contribution in [1.82, 2.24) is 46.0 Å². The lowest BCUT2D eigenvalue weighted by molar-refractivity contribution is -0.172. The molecule has 3 aliphatic heterocycles. The van der Waals surface area contributed by atoms with Crippen LogP contribution in [0.5, 0.6) is 0 Å². The van der Waals surface area contributed by atoms with E-state index in [0.717, 1.165) is 37.9 Å². The van der Waals surface area contributed by atoms with Crippen LogP contribution in [0.25, 0.3) is 33.2 Å². The molecule has 3 aromatic heterocycles. The van der Waals surface area contributed by atoms with Crippen LogP contribution in [0.1, 0.15) is 79.7 Å². The highest BCUT2D eigenvalue weighted by Gasteiger charge is 2.45. The van der Waals surface area contributed by atoms with E-state index in [1.165, 1.54) is 12.2 Å². The Morgan fingerprint density at radius 1 is 0.778 bits per heavy atom. The predicted octanol–water partition coefficient (Wildman–Crippen LogP) is 1.63. The van der Waals surface area contributed by atoms with Crippen LogP contribution in [0.3, 0.4) is 0 Å². The summed E-state index contributed by atoms with van der Waals surface area (Å²) in [6, 6.07) is 17.2. The Hall–Kier alpha value is -8.13. The van der Waals surface area contributed by atoms with Gasteiger partial charge >= 0.3 is 5.97 Å². The fraction of sp³-hybridized carbons (Fsp3) is 0.365. The first-order chi connectivity index (χ1) is 34.7. The van der Waals surface area contributed by atoms with Crippen molar-refractivity contribution >= 4 is 69.1 Å². The largest absolute Gasteiger partial charge is 0.458 e. The van der Waals surface area contributed by atoms with E-state index < -0.39 is 47.8 Å². The average molecular weight is 982 g/mol. The number of nitrogens with zero attached hydrogens (tertiary/aromatic N) is 4. The third-order valence-corrected chi connectivity index (χ3v) is 13.2. The minimum atomic E-state index is -1.96. The molecule has 0 spiro atoms. The summed E-state index contributed by atoms with van der Waals surface area (Å²) in [7, 11) is 0. The van der Waals surface area contributed by atoms with Gasteiger partial charge in [-0.15, -0.1) is 0 Å². The zero-order chi connectivity index (χ0) is 50.9. The van der Waals surface area contributed by atoms with Crippen molar-refractivity contribution in [3.05, 3.63) is 117 Å². The molecule has 8 rings (SSSR count). The molecule has 0 fully saturated rings. The maximum atomic E-state index is 14.0. The number of amides is 7. The Kier molecular flexibility index (Phi) is 15.6. The molecule has 374 valence electrons. The summed E-state index contributed by atoms with van der Waals surface area (Å²) in [5.41, 5.74) is 3.25. The predicted molar refractivity (Wildman–Crippen MR) is 261 cm³/mol. The molecular formula is C52H55N9O11. The van der Waals surface area contributed by atoms with E-state index in [1.54, 1.807) is 48.0 Å². The molecule has 20 heteroatoms. The van der Waals surface area contributed by atoms with Crippen LogP contribution in [-0.2, 0) is 74.7 Å². The van der Waals surface area contributed by atoms with Crippen molar-refractivity contribution in [3.63, 3.8) is 0 Å². The third kappa shape index (κ3) is 11.1. The molecule has 20 nitrogen and oxygen atoms in total. The van der Waals surface area contributed by atoms with Crippen molar-refractivity contribution in [3.8, 4) is 11.4 Å². The van der Waals surface area contributed by atoms with Gasteiger partial charge in [0.25, 0.3) is 17.4 Å². The Morgan fingerprint density at radius 3 is 2.28 bits per heavy atom. The summed E-state index contributed by atoms with van der Waals surface area (Å²) in [6.07, 6.45) is 7.73. The van der Waals surface area contributed by atoms with Crippen molar-refractivity contribution < 1.29 is 48.2 Å². The zero-order valence-corrected chi connectivity index (χ0v) is 39.7. The molecule has 72 heavy (non-hydrogen) atoms. The first-order valence-corrected chi connectivity index (χ1v) is 24.1. The van der Waals surface area contributed by atoms with E-state index in [9.17, 15) is 48.3 Å². The van der Waals surface area contributed by atoms with Crippen molar-refractivity contribution in [2.75, 3.05) is 32.7 Å². The first kappa shape index (κ1) is 50.3. The summed E-state index contributed by atoms with van der Waals surface area (Å²) in [5, 5.41) is 26.2. The maximum Gasteiger partial charge on any atom is 0.343 e. The van der Waals surface area contributed by atoms with E-state index >= 15 is 0 Å². The smallest absolute Gasteiger partial charge is 0.343 e. The molecule has 6 heterocycles. The van der Waals surface area contributed by atoms with Crippen LogP contribution in [0, 0.1) is 0 Å². The normalized spacial score (nSPS) is 15.9. The average Bonchev–Trinajstić information content (AvgIpc) is 3.92. The highest BCUT2D eigenvalue weighted by atomic mass is 16.6. The lowest BCUT2D eigenvalue weighted by atomic mass is 9.86. The van der Waals surface area contributed by atoms with E-state index in [-0.39, 0.29) is 93.0 Å². The van der Waals surface area contributed by atoms with E-state index in [1.807, 2.05) is 30.3 Å². The molecule has 0 bridgehead atoms. The van der Waals surface area contributed by atoms with Crippen LogP contribution in [-0.4, -0.2) is 111 Å². The number of cyclic esters (lactones) is 1. The van der Waals surface area contributed by atoms with Gasteiger partial charge in [0.15, 0.2) is 5.60 Å². The fourth-order valence-corrected chi connectivity index (χ4v) is 9.31. The number of aliphatic hydroxyl groups is 1. The molecule has 0 radical (unpaired) electrons. The number of nitrogens with one attached hydrogen (secondary N) is 5. The highest BCUT2D eigenvalue weighted by molar-refractivity contribution is 6.13. The number of fused-ring (bicyclic) bond motifs is 7. The number of carbonyl (C=O) groups is 8.